The smallest absolute Gasteiger partial charge is 0.407 e. The van der Waals surface area contributed by atoms with Crippen LogP contribution in [0.1, 0.15) is 29.9 Å². The first-order chi connectivity index (χ1) is 16.5. The number of hydrogen-bond donors (Lipinski definition) is 3. The molecule has 2 fully saturated rings. The van der Waals surface area contributed by atoms with Gasteiger partial charge in [0.2, 0.25) is 0 Å². The van der Waals surface area contributed by atoms with Gasteiger partial charge in [0.25, 0.3) is 5.91 Å². The number of carbonyl (C=O) groups excluding carboxylic acids is 2. The minimum absolute atomic E-state index is 0.0742. The van der Waals surface area contributed by atoms with Crippen LogP contribution < -0.4 is 10.6 Å². The zero-order chi connectivity index (χ0) is 23.7. The molecule has 2 amide bonds. The number of benzene rings is 2. The van der Waals surface area contributed by atoms with Crippen molar-refractivity contribution >= 4 is 18.0 Å². The Bertz CT molecular complexity index is 1070. The van der Waals surface area contributed by atoms with Crippen molar-refractivity contribution in [1.29, 1.82) is 0 Å². The highest BCUT2D eigenvalue weighted by atomic mass is 16.6. The van der Waals surface area contributed by atoms with E-state index in [2.05, 4.69) is 22.8 Å². The molecule has 0 radical (unpaired) electrons. The SMILES string of the molecule is O=C(NC1CCOC1C(=O)NC1(C(=O)O)CCOC1)OCC1c2ccccc2-c2ccccc21. The number of alkyl carbamates (subject to hydrolysis) is 1. The maximum atomic E-state index is 12.8. The fourth-order valence-electron chi connectivity index (χ4n) is 4.98. The molecule has 2 heterocycles. The van der Waals surface area contributed by atoms with Crippen molar-refractivity contribution in [2.75, 3.05) is 26.4 Å². The van der Waals surface area contributed by atoms with E-state index in [1.165, 1.54) is 0 Å². The highest BCUT2D eigenvalue weighted by Crippen LogP contribution is 2.44. The van der Waals surface area contributed by atoms with E-state index < -0.39 is 35.7 Å². The monoisotopic (exact) mass is 466 g/mol. The molecule has 0 saturated carbocycles. The number of carboxylic acid groups (broad SMARTS) is 1. The predicted molar refractivity (Wildman–Crippen MR) is 120 cm³/mol. The van der Waals surface area contributed by atoms with Gasteiger partial charge in [-0.15, -0.1) is 0 Å². The maximum Gasteiger partial charge on any atom is 0.407 e. The second-order valence-corrected chi connectivity index (χ2v) is 8.84. The lowest BCUT2D eigenvalue weighted by atomic mass is 9.98. The minimum Gasteiger partial charge on any atom is -0.479 e. The summed E-state index contributed by atoms with van der Waals surface area (Å²) < 4.78 is 16.3. The fourth-order valence-corrected chi connectivity index (χ4v) is 4.98. The van der Waals surface area contributed by atoms with Crippen molar-refractivity contribution in [3.63, 3.8) is 0 Å². The highest BCUT2D eigenvalue weighted by molar-refractivity contribution is 5.90. The van der Waals surface area contributed by atoms with Crippen molar-refractivity contribution in [3.05, 3.63) is 59.7 Å². The summed E-state index contributed by atoms with van der Waals surface area (Å²) >= 11 is 0. The van der Waals surface area contributed by atoms with Crippen LogP contribution in [0.2, 0.25) is 0 Å². The molecule has 0 bridgehead atoms. The summed E-state index contributed by atoms with van der Waals surface area (Å²) in [5.74, 6) is -1.82. The first kappa shape index (κ1) is 22.4. The third-order valence-corrected chi connectivity index (χ3v) is 6.79. The van der Waals surface area contributed by atoms with E-state index in [-0.39, 0.29) is 38.8 Å². The molecule has 2 aromatic carbocycles. The average molecular weight is 466 g/mol. The second kappa shape index (κ2) is 9.08. The summed E-state index contributed by atoms with van der Waals surface area (Å²) in [6.45, 7) is 0.567. The summed E-state index contributed by atoms with van der Waals surface area (Å²) in [6, 6.07) is 15.5. The Morgan fingerprint density at radius 2 is 1.71 bits per heavy atom. The molecule has 9 nitrogen and oxygen atoms in total. The highest BCUT2D eigenvalue weighted by Gasteiger charge is 2.47. The number of carbonyl (C=O) groups is 3. The van der Waals surface area contributed by atoms with Crippen molar-refractivity contribution in [2.24, 2.45) is 0 Å². The van der Waals surface area contributed by atoms with Crippen LogP contribution in [0, 0.1) is 0 Å². The van der Waals surface area contributed by atoms with Crippen LogP contribution in [0.4, 0.5) is 4.79 Å². The van der Waals surface area contributed by atoms with Gasteiger partial charge < -0.3 is 30.0 Å². The van der Waals surface area contributed by atoms with E-state index in [9.17, 15) is 19.5 Å². The van der Waals surface area contributed by atoms with Crippen LogP contribution in [0.5, 0.6) is 0 Å². The van der Waals surface area contributed by atoms with Crippen LogP contribution in [-0.2, 0) is 23.8 Å². The van der Waals surface area contributed by atoms with Crippen molar-refractivity contribution in [1.82, 2.24) is 10.6 Å². The van der Waals surface area contributed by atoms with E-state index in [0.717, 1.165) is 22.3 Å². The largest absolute Gasteiger partial charge is 0.479 e. The third kappa shape index (κ3) is 4.01. The summed E-state index contributed by atoms with van der Waals surface area (Å²) in [4.78, 5) is 37.1. The number of ether oxygens (including phenoxy) is 3. The number of nitrogens with one attached hydrogen (secondary N) is 2. The first-order valence-electron chi connectivity index (χ1n) is 11.3. The number of carboxylic acids is 1. The number of fused-ring (bicyclic) bond motifs is 3. The van der Waals surface area contributed by atoms with Crippen LogP contribution in [0.25, 0.3) is 11.1 Å². The molecule has 2 aromatic rings. The molecular formula is C25H26N2O7. The summed E-state index contributed by atoms with van der Waals surface area (Å²) in [7, 11) is 0. The standard InChI is InChI=1S/C25H26N2O7/c28-22(27-25(23(29)30)10-12-32-14-25)21-20(9-11-33-21)26-24(31)34-13-19-17-7-3-1-5-15(17)16-6-2-4-8-18(16)19/h1-8,19-21H,9-14H2,(H,26,31)(H,27,28)(H,29,30). The number of hydrogen-bond acceptors (Lipinski definition) is 6. The molecule has 3 atom stereocenters. The van der Waals surface area contributed by atoms with Gasteiger partial charge in [0.05, 0.1) is 12.6 Å². The number of amides is 2. The first-order valence-corrected chi connectivity index (χ1v) is 11.3. The van der Waals surface area contributed by atoms with E-state index in [1.54, 1.807) is 0 Å². The summed E-state index contributed by atoms with van der Waals surface area (Å²) in [6.07, 6.45) is -1.06. The van der Waals surface area contributed by atoms with Gasteiger partial charge in [0.1, 0.15) is 6.61 Å². The van der Waals surface area contributed by atoms with Gasteiger partial charge in [-0.3, -0.25) is 4.79 Å². The lowest BCUT2D eigenvalue weighted by Crippen LogP contribution is -2.59. The van der Waals surface area contributed by atoms with E-state index in [4.69, 9.17) is 14.2 Å². The van der Waals surface area contributed by atoms with Crippen LogP contribution in [0.15, 0.2) is 48.5 Å². The third-order valence-electron chi connectivity index (χ3n) is 6.79. The minimum atomic E-state index is -1.47. The van der Waals surface area contributed by atoms with Crippen LogP contribution in [0.3, 0.4) is 0 Å². The Morgan fingerprint density at radius 1 is 1.03 bits per heavy atom. The zero-order valence-corrected chi connectivity index (χ0v) is 18.5. The lowest BCUT2D eigenvalue weighted by molar-refractivity contribution is -0.149. The van der Waals surface area contributed by atoms with Gasteiger partial charge in [-0.2, -0.15) is 0 Å². The maximum absolute atomic E-state index is 12.8. The topological polar surface area (TPSA) is 123 Å². The summed E-state index contributed by atoms with van der Waals surface area (Å²) in [5.41, 5.74) is 3.01. The normalized spacial score (nSPS) is 25.4. The Kier molecular flexibility index (Phi) is 5.97. The van der Waals surface area contributed by atoms with Gasteiger partial charge in [0, 0.05) is 25.6 Å². The van der Waals surface area contributed by atoms with Gasteiger partial charge in [0.15, 0.2) is 11.6 Å². The molecule has 0 aromatic heterocycles. The molecule has 2 saturated heterocycles. The van der Waals surface area contributed by atoms with Gasteiger partial charge in [-0.1, -0.05) is 48.5 Å². The van der Waals surface area contributed by atoms with E-state index in [0.29, 0.717) is 6.42 Å². The van der Waals surface area contributed by atoms with Crippen LogP contribution in [-0.4, -0.2) is 67.2 Å². The molecule has 9 heteroatoms. The quantitative estimate of drug-likeness (QED) is 0.595. The Balaban J connectivity index is 1.21. The molecule has 0 spiro atoms. The predicted octanol–water partition coefficient (Wildman–Crippen LogP) is 2.04. The van der Waals surface area contributed by atoms with Gasteiger partial charge in [-0.25, -0.2) is 9.59 Å². The van der Waals surface area contributed by atoms with Crippen molar-refractivity contribution in [2.45, 2.75) is 36.4 Å². The Morgan fingerprint density at radius 3 is 2.32 bits per heavy atom. The fraction of sp³-hybridized carbons (Fsp3) is 0.400. The Hall–Kier alpha value is -3.43. The summed E-state index contributed by atoms with van der Waals surface area (Å²) in [5, 5.41) is 14.8. The zero-order valence-electron chi connectivity index (χ0n) is 18.5. The molecule has 178 valence electrons. The van der Waals surface area contributed by atoms with Crippen LogP contribution >= 0.6 is 0 Å². The molecular weight excluding hydrogens is 440 g/mol. The average Bonchev–Trinajstić information content (AvgIpc) is 3.56. The van der Waals surface area contributed by atoms with Crippen molar-refractivity contribution < 1.29 is 33.7 Å². The molecule has 2 aliphatic heterocycles. The number of rotatable bonds is 6. The number of aliphatic carboxylic acids is 1. The lowest BCUT2D eigenvalue weighted by Gasteiger charge is -2.27. The molecule has 3 aliphatic rings. The van der Waals surface area contributed by atoms with Gasteiger partial charge >= 0.3 is 12.1 Å². The van der Waals surface area contributed by atoms with Gasteiger partial charge in [-0.05, 0) is 28.7 Å². The molecule has 5 rings (SSSR count). The van der Waals surface area contributed by atoms with E-state index in [1.807, 2.05) is 36.4 Å². The Labute approximate surface area is 196 Å². The van der Waals surface area contributed by atoms with Crippen molar-refractivity contribution in [3.8, 4) is 11.1 Å². The molecule has 3 unspecified atom stereocenters. The molecule has 3 N–H and O–H groups in total. The molecule has 1 aliphatic carbocycles. The second-order valence-electron chi connectivity index (χ2n) is 8.84. The van der Waals surface area contributed by atoms with E-state index >= 15 is 0 Å². The molecule has 34 heavy (non-hydrogen) atoms.